The summed E-state index contributed by atoms with van der Waals surface area (Å²) in [6, 6.07) is 11.0. The van der Waals surface area contributed by atoms with E-state index < -0.39 is 0 Å². The SMILES string of the molecule is CC(Nc1ccc(N2CCCCC2)cc1)c1ccoc1. The Bertz CT molecular complexity index is 512. The molecule has 1 N–H and O–H groups in total. The Hall–Kier alpha value is -1.90. The van der Waals surface area contributed by atoms with Gasteiger partial charge in [0, 0.05) is 30.0 Å². The molecule has 20 heavy (non-hydrogen) atoms. The molecule has 0 aliphatic carbocycles. The number of benzene rings is 1. The fourth-order valence-electron chi connectivity index (χ4n) is 2.78. The van der Waals surface area contributed by atoms with Crippen LogP contribution in [0.15, 0.2) is 47.3 Å². The molecule has 3 nitrogen and oxygen atoms in total. The first-order valence-electron chi connectivity index (χ1n) is 7.46. The van der Waals surface area contributed by atoms with Crippen molar-refractivity contribution in [3.63, 3.8) is 0 Å². The van der Waals surface area contributed by atoms with Crippen LogP contribution in [-0.2, 0) is 0 Å². The van der Waals surface area contributed by atoms with Gasteiger partial charge < -0.3 is 14.6 Å². The molecular formula is C17H22N2O. The molecule has 1 saturated heterocycles. The maximum absolute atomic E-state index is 5.13. The molecule has 0 spiro atoms. The van der Waals surface area contributed by atoms with Crippen LogP contribution in [0.4, 0.5) is 11.4 Å². The summed E-state index contributed by atoms with van der Waals surface area (Å²) in [5, 5.41) is 3.50. The van der Waals surface area contributed by atoms with E-state index in [0.717, 1.165) is 5.69 Å². The van der Waals surface area contributed by atoms with Gasteiger partial charge in [-0.1, -0.05) is 0 Å². The van der Waals surface area contributed by atoms with E-state index in [9.17, 15) is 0 Å². The Morgan fingerprint density at radius 3 is 2.45 bits per heavy atom. The van der Waals surface area contributed by atoms with E-state index in [4.69, 9.17) is 4.42 Å². The fraction of sp³-hybridized carbons (Fsp3) is 0.412. The lowest BCUT2D eigenvalue weighted by Gasteiger charge is -2.29. The van der Waals surface area contributed by atoms with Crippen LogP contribution >= 0.6 is 0 Å². The normalized spacial score (nSPS) is 16.9. The number of hydrogen-bond acceptors (Lipinski definition) is 3. The largest absolute Gasteiger partial charge is 0.472 e. The summed E-state index contributed by atoms with van der Waals surface area (Å²) in [6.07, 6.45) is 7.51. The maximum atomic E-state index is 5.13. The van der Waals surface area contributed by atoms with Gasteiger partial charge in [0.05, 0.1) is 18.6 Å². The summed E-state index contributed by atoms with van der Waals surface area (Å²) in [6.45, 7) is 4.53. The minimum Gasteiger partial charge on any atom is -0.472 e. The van der Waals surface area contributed by atoms with E-state index in [1.807, 2.05) is 6.07 Å². The predicted octanol–water partition coefficient (Wildman–Crippen LogP) is 4.44. The highest BCUT2D eigenvalue weighted by atomic mass is 16.3. The summed E-state index contributed by atoms with van der Waals surface area (Å²) in [7, 11) is 0. The second-order valence-corrected chi connectivity index (χ2v) is 5.52. The smallest absolute Gasteiger partial charge is 0.0955 e. The van der Waals surface area contributed by atoms with E-state index in [1.54, 1.807) is 12.5 Å². The summed E-state index contributed by atoms with van der Waals surface area (Å²) < 4.78 is 5.13. The third-order valence-electron chi connectivity index (χ3n) is 4.01. The topological polar surface area (TPSA) is 28.4 Å². The van der Waals surface area contributed by atoms with E-state index in [0.29, 0.717) is 0 Å². The molecule has 1 atom stereocenters. The highest BCUT2D eigenvalue weighted by Crippen LogP contribution is 2.24. The molecule has 106 valence electrons. The second kappa shape index (κ2) is 6.04. The Kier molecular flexibility index (Phi) is 3.95. The highest BCUT2D eigenvalue weighted by molar-refractivity contribution is 5.55. The average molecular weight is 270 g/mol. The number of nitrogens with zero attached hydrogens (tertiary/aromatic N) is 1. The second-order valence-electron chi connectivity index (χ2n) is 5.52. The molecule has 0 amide bonds. The average Bonchev–Trinajstić information content (AvgIpc) is 3.03. The van der Waals surface area contributed by atoms with E-state index >= 15 is 0 Å². The summed E-state index contributed by atoms with van der Waals surface area (Å²) >= 11 is 0. The van der Waals surface area contributed by atoms with Crippen molar-refractivity contribution >= 4 is 11.4 Å². The van der Waals surface area contributed by atoms with Crippen LogP contribution in [0.3, 0.4) is 0 Å². The molecule has 2 heterocycles. The minimum absolute atomic E-state index is 0.259. The van der Waals surface area contributed by atoms with Crippen LogP contribution in [0.25, 0.3) is 0 Å². The van der Waals surface area contributed by atoms with E-state index in [2.05, 4.69) is 41.4 Å². The van der Waals surface area contributed by atoms with Gasteiger partial charge in [-0.15, -0.1) is 0 Å². The quantitative estimate of drug-likeness (QED) is 0.890. The van der Waals surface area contributed by atoms with Crippen LogP contribution in [0.5, 0.6) is 0 Å². The molecule has 0 saturated carbocycles. The van der Waals surface area contributed by atoms with Gasteiger partial charge in [0.1, 0.15) is 0 Å². The maximum Gasteiger partial charge on any atom is 0.0955 e. The molecule has 1 aromatic heterocycles. The first-order chi connectivity index (χ1) is 9.83. The molecule has 3 rings (SSSR count). The van der Waals surface area contributed by atoms with Crippen LogP contribution in [0, 0.1) is 0 Å². The molecular weight excluding hydrogens is 248 g/mol. The van der Waals surface area contributed by atoms with Crippen molar-refractivity contribution < 1.29 is 4.42 Å². The van der Waals surface area contributed by atoms with Crippen molar-refractivity contribution in [2.75, 3.05) is 23.3 Å². The molecule has 1 fully saturated rings. The zero-order valence-electron chi connectivity index (χ0n) is 12.0. The number of hydrogen-bond donors (Lipinski definition) is 1. The third kappa shape index (κ3) is 2.98. The molecule has 0 radical (unpaired) electrons. The van der Waals surface area contributed by atoms with Crippen molar-refractivity contribution in [1.29, 1.82) is 0 Å². The lowest BCUT2D eigenvalue weighted by atomic mass is 10.1. The standard InChI is InChI=1S/C17H22N2O/c1-14(15-9-12-20-13-15)18-16-5-7-17(8-6-16)19-10-3-2-4-11-19/h5-9,12-14,18H,2-4,10-11H2,1H3. The first kappa shape index (κ1) is 13.1. The lowest BCUT2D eigenvalue weighted by molar-refractivity contribution is 0.562. The first-order valence-corrected chi connectivity index (χ1v) is 7.46. The van der Waals surface area contributed by atoms with Gasteiger partial charge in [-0.3, -0.25) is 0 Å². The van der Waals surface area contributed by atoms with Gasteiger partial charge in [0.2, 0.25) is 0 Å². The number of nitrogens with one attached hydrogen (secondary N) is 1. The summed E-state index contributed by atoms with van der Waals surface area (Å²) in [5.74, 6) is 0. The van der Waals surface area contributed by atoms with Crippen LogP contribution in [0.2, 0.25) is 0 Å². The number of furan rings is 1. The zero-order chi connectivity index (χ0) is 13.8. The van der Waals surface area contributed by atoms with Gasteiger partial charge in [0.25, 0.3) is 0 Å². The molecule has 1 aliphatic rings. The van der Waals surface area contributed by atoms with Gasteiger partial charge in [0.15, 0.2) is 0 Å². The predicted molar refractivity (Wildman–Crippen MR) is 83.3 cm³/mol. The van der Waals surface area contributed by atoms with Crippen LogP contribution < -0.4 is 10.2 Å². The van der Waals surface area contributed by atoms with Crippen molar-refractivity contribution in [2.24, 2.45) is 0 Å². The molecule has 2 aromatic rings. The minimum atomic E-state index is 0.259. The molecule has 1 aromatic carbocycles. The van der Waals surface area contributed by atoms with Gasteiger partial charge in [-0.2, -0.15) is 0 Å². The summed E-state index contributed by atoms with van der Waals surface area (Å²) in [5.41, 5.74) is 3.66. The number of piperidine rings is 1. The third-order valence-corrected chi connectivity index (χ3v) is 4.01. The zero-order valence-corrected chi connectivity index (χ0v) is 12.0. The molecule has 1 unspecified atom stereocenters. The van der Waals surface area contributed by atoms with Crippen molar-refractivity contribution in [3.8, 4) is 0 Å². The molecule has 3 heteroatoms. The molecule has 0 bridgehead atoms. The Labute approximate surface area is 120 Å². The number of anilines is 2. The van der Waals surface area contributed by atoms with Crippen molar-refractivity contribution in [2.45, 2.75) is 32.2 Å². The monoisotopic (exact) mass is 270 g/mol. The van der Waals surface area contributed by atoms with Crippen molar-refractivity contribution in [1.82, 2.24) is 0 Å². The number of rotatable bonds is 4. The van der Waals surface area contributed by atoms with Gasteiger partial charge in [-0.25, -0.2) is 0 Å². The van der Waals surface area contributed by atoms with Gasteiger partial charge >= 0.3 is 0 Å². The van der Waals surface area contributed by atoms with E-state index in [-0.39, 0.29) is 6.04 Å². The fourth-order valence-corrected chi connectivity index (χ4v) is 2.78. The van der Waals surface area contributed by atoms with Crippen molar-refractivity contribution in [3.05, 3.63) is 48.4 Å². The summed E-state index contributed by atoms with van der Waals surface area (Å²) in [4.78, 5) is 2.48. The van der Waals surface area contributed by atoms with E-state index in [1.165, 1.54) is 43.6 Å². The Balaban J connectivity index is 1.63. The van der Waals surface area contributed by atoms with Crippen LogP contribution in [0.1, 0.15) is 37.8 Å². The highest BCUT2D eigenvalue weighted by Gasteiger charge is 2.11. The Morgan fingerprint density at radius 1 is 1.05 bits per heavy atom. The Morgan fingerprint density at radius 2 is 1.80 bits per heavy atom. The molecule has 1 aliphatic heterocycles. The van der Waals surface area contributed by atoms with Gasteiger partial charge in [-0.05, 0) is 56.5 Å². The lowest BCUT2D eigenvalue weighted by Crippen LogP contribution is -2.29. The van der Waals surface area contributed by atoms with Crippen LogP contribution in [-0.4, -0.2) is 13.1 Å².